The first kappa shape index (κ1) is 16.6. The fourth-order valence-corrected chi connectivity index (χ4v) is 4.09. The molecule has 0 amide bonds. The van der Waals surface area contributed by atoms with Crippen molar-refractivity contribution in [3.8, 4) is 0 Å². The predicted molar refractivity (Wildman–Crippen MR) is 102 cm³/mol. The van der Waals surface area contributed by atoms with E-state index in [0.29, 0.717) is 18.0 Å². The van der Waals surface area contributed by atoms with Gasteiger partial charge in [0.1, 0.15) is 5.82 Å². The van der Waals surface area contributed by atoms with E-state index in [9.17, 15) is 0 Å². The highest BCUT2D eigenvalue weighted by atomic mass is 35.5. The number of nitrogens with one attached hydrogen (secondary N) is 2. The van der Waals surface area contributed by atoms with Crippen molar-refractivity contribution in [3.05, 3.63) is 60.2 Å². The van der Waals surface area contributed by atoms with Crippen molar-refractivity contribution in [3.63, 3.8) is 0 Å². The van der Waals surface area contributed by atoms with Gasteiger partial charge in [-0.3, -0.25) is 0 Å². The molecular weight excluding hydrogens is 332 g/mol. The van der Waals surface area contributed by atoms with Crippen LogP contribution in [0.4, 0.5) is 0 Å². The Labute approximate surface area is 153 Å². The number of halogens is 1. The van der Waals surface area contributed by atoms with Crippen molar-refractivity contribution in [1.82, 2.24) is 20.3 Å². The SMILES string of the molecule is Cl.c1ccc(C2CC(c3ncc4[nH]ccc4n3)CC(C3CC3)N2)cc1. The van der Waals surface area contributed by atoms with Crippen molar-refractivity contribution in [1.29, 1.82) is 0 Å². The molecule has 5 heteroatoms. The van der Waals surface area contributed by atoms with Crippen LogP contribution in [0.15, 0.2) is 48.8 Å². The number of aromatic nitrogens is 3. The van der Waals surface area contributed by atoms with Gasteiger partial charge in [-0.2, -0.15) is 0 Å². The van der Waals surface area contributed by atoms with Gasteiger partial charge < -0.3 is 10.3 Å². The average Bonchev–Trinajstić information content (AvgIpc) is 3.39. The van der Waals surface area contributed by atoms with Crippen LogP contribution in [0.3, 0.4) is 0 Å². The molecule has 3 heterocycles. The molecule has 0 spiro atoms. The first-order chi connectivity index (χ1) is 11.9. The topological polar surface area (TPSA) is 53.6 Å². The third-order valence-corrected chi connectivity index (χ3v) is 5.55. The molecular formula is C20H23ClN4. The zero-order valence-corrected chi connectivity index (χ0v) is 14.9. The number of aromatic amines is 1. The summed E-state index contributed by atoms with van der Waals surface area (Å²) in [7, 11) is 0. The van der Waals surface area contributed by atoms with Crippen LogP contribution in [0.1, 0.15) is 49.0 Å². The molecule has 3 atom stereocenters. The summed E-state index contributed by atoms with van der Waals surface area (Å²) < 4.78 is 0. The molecule has 130 valence electrons. The highest BCUT2D eigenvalue weighted by molar-refractivity contribution is 5.85. The van der Waals surface area contributed by atoms with Gasteiger partial charge in [0.15, 0.2) is 0 Å². The van der Waals surface area contributed by atoms with E-state index >= 15 is 0 Å². The lowest BCUT2D eigenvalue weighted by molar-refractivity contribution is 0.266. The Kier molecular flexibility index (Phi) is 4.48. The van der Waals surface area contributed by atoms with E-state index in [1.54, 1.807) is 0 Å². The normalized spacial score (nSPS) is 26.3. The summed E-state index contributed by atoms with van der Waals surface area (Å²) in [6, 6.07) is 13.9. The average molecular weight is 355 g/mol. The predicted octanol–water partition coefficient (Wildman–Crippen LogP) is 4.37. The van der Waals surface area contributed by atoms with Gasteiger partial charge in [0.2, 0.25) is 0 Å². The minimum Gasteiger partial charge on any atom is -0.359 e. The van der Waals surface area contributed by atoms with Gasteiger partial charge in [0, 0.05) is 24.2 Å². The molecule has 0 bridgehead atoms. The molecule has 1 saturated heterocycles. The molecule has 4 nitrogen and oxygen atoms in total. The van der Waals surface area contributed by atoms with Crippen LogP contribution in [0, 0.1) is 5.92 Å². The highest BCUT2D eigenvalue weighted by Gasteiger charge is 2.39. The monoisotopic (exact) mass is 354 g/mol. The smallest absolute Gasteiger partial charge is 0.132 e. The molecule has 2 aliphatic rings. The Hall–Kier alpha value is -1.91. The number of H-pyrrole nitrogens is 1. The van der Waals surface area contributed by atoms with Crippen molar-refractivity contribution < 1.29 is 0 Å². The number of rotatable bonds is 3. The number of benzene rings is 1. The Morgan fingerprint density at radius 1 is 1.00 bits per heavy atom. The van der Waals surface area contributed by atoms with Crippen LogP contribution in [-0.4, -0.2) is 21.0 Å². The van der Waals surface area contributed by atoms with E-state index in [0.717, 1.165) is 35.6 Å². The molecule has 2 fully saturated rings. The third kappa shape index (κ3) is 3.29. The molecule has 3 aromatic rings. The summed E-state index contributed by atoms with van der Waals surface area (Å²) in [5.41, 5.74) is 3.43. The van der Waals surface area contributed by atoms with Crippen LogP contribution in [0.25, 0.3) is 11.0 Å². The summed E-state index contributed by atoms with van der Waals surface area (Å²) in [5, 5.41) is 3.90. The van der Waals surface area contributed by atoms with Crippen LogP contribution in [0.2, 0.25) is 0 Å². The first-order valence-corrected chi connectivity index (χ1v) is 8.98. The summed E-state index contributed by atoms with van der Waals surface area (Å²) in [6.45, 7) is 0. The fourth-order valence-electron chi connectivity index (χ4n) is 4.09. The maximum absolute atomic E-state index is 4.83. The van der Waals surface area contributed by atoms with E-state index in [1.807, 2.05) is 18.5 Å². The Morgan fingerprint density at radius 3 is 2.64 bits per heavy atom. The molecule has 5 rings (SSSR count). The number of fused-ring (bicyclic) bond motifs is 1. The number of hydrogen-bond donors (Lipinski definition) is 2. The quantitative estimate of drug-likeness (QED) is 0.734. The lowest BCUT2D eigenvalue weighted by Gasteiger charge is -2.36. The van der Waals surface area contributed by atoms with E-state index in [2.05, 4.69) is 45.6 Å². The zero-order chi connectivity index (χ0) is 15.9. The van der Waals surface area contributed by atoms with Crippen LogP contribution < -0.4 is 5.32 Å². The zero-order valence-electron chi connectivity index (χ0n) is 14.1. The molecule has 1 saturated carbocycles. The number of piperidine rings is 1. The minimum atomic E-state index is 0. The largest absolute Gasteiger partial charge is 0.359 e. The number of nitrogens with zero attached hydrogens (tertiary/aromatic N) is 2. The lowest BCUT2D eigenvalue weighted by atomic mass is 9.83. The summed E-state index contributed by atoms with van der Waals surface area (Å²) in [5.74, 6) is 2.28. The third-order valence-electron chi connectivity index (χ3n) is 5.55. The van der Waals surface area contributed by atoms with Gasteiger partial charge in [-0.1, -0.05) is 30.3 Å². The van der Waals surface area contributed by atoms with Crippen molar-refractivity contribution >= 4 is 23.4 Å². The van der Waals surface area contributed by atoms with Gasteiger partial charge in [-0.15, -0.1) is 12.4 Å². The summed E-state index contributed by atoms with van der Waals surface area (Å²) in [4.78, 5) is 12.7. The van der Waals surface area contributed by atoms with E-state index in [-0.39, 0.29) is 12.4 Å². The minimum absolute atomic E-state index is 0. The van der Waals surface area contributed by atoms with E-state index in [4.69, 9.17) is 4.98 Å². The molecule has 2 N–H and O–H groups in total. The highest BCUT2D eigenvalue weighted by Crippen LogP contribution is 2.43. The Bertz CT molecular complexity index is 843. The fraction of sp³-hybridized carbons (Fsp3) is 0.400. The van der Waals surface area contributed by atoms with Crippen LogP contribution >= 0.6 is 12.4 Å². The Balaban J connectivity index is 0.00000157. The van der Waals surface area contributed by atoms with Crippen LogP contribution in [-0.2, 0) is 0 Å². The molecule has 0 radical (unpaired) electrons. The van der Waals surface area contributed by atoms with E-state index < -0.39 is 0 Å². The Morgan fingerprint density at radius 2 is 1.84 bits per heavy atom. The molecule has 1 aliphatic heterocycles. The molecule has 1 aromatic carbocycles. The molecule has 25 heavy (non-hydrogen) atoms. The van der Waals surface area contributed by atoms with Gasteiger partial charge >= 0.3 is 0 Å². The first-order valence-electron chi connectivity index (χ1n) is 8.98. The molecule has 1 aliphatic carbocycles. The van der Waals surface area contributed by atoms with E-state index in [1.165, 1.54) is 18.4 Å². The van der Waals surface area contributed by atoms with Crippen molar-refractivity contribution in [2.45, 2.75) is 43.7 Å². The second-order valence-corrected chi connectivity index (χ2v) is 7.25. The number of hydrogen-bond acceptors (Lipinski definition) is 3. The molecule has 2 aromatic heterocycles. The second-order valence-electron chi connectivity index (χ2n) is 7.25. The van der Waals surface area contributed by atoms with Gasteiger partial charge in [0.25, 0.3) is 0 Å². The second kappa shape index (κ2) is 6.77. The molecule has 3 unspecified atom stereocenters. The van der Waals surface area contributed by atoms with Crippen molar-refractivity contribution in [2.75, 3.05) is 0 Å². The van der Waals surface area contributed by atoms with Crippen molar-refractivity contribution in [2.24, 2.45) is 5.92 Å². The van der Waals surface area contributed by atoms with Gasteiger partial charge in [-0.05, 0) is 43.2 Å². The summed E-state index contributed by atoms with van der Waals surface area (Å²) in [6.07, 6.45) is 8.83. The standard InChI is InChI=1S/C20H22N4.ClH/c1-2-4-13(5-3-1)17-10-15(11-18(23-17)14-6-7-14)20-22-12-19-16(24-20)8-9-21-19;/h1-5,8-9,12,14-15,17-18,21,23H,6-7,10-11H2;1H. The maximum atomic E-state index is 4.83. The maximum Gasteiger partial charge on any atom is 0.132 e. The summed E-state index contributed by atoms with van der Waals surface area (Å²) >= 11 is 0. The van der Waals surface area contributed by atoms with Gasteiger partial charge in [-0.25, -0.2) is 9.97 Å². The van der Waals surface area contributed by atoms with Gasteiger partial charge in [0.05, 0.1) is 17.2 Å². The van der Waals surface area contributed by atoms with Crippen LogP contribution in [0.5, 0.6) is 0 Å². The lowest BCUT2D eigenvalue weighted by Crippen LogP contribution is -2.41.